The largest absolute Gasteiger partial charge is 0.508 e. The molecular weight excluding hydrogens is 1900 g/mol. The van der Waals surface area contributed by atoms with Gasteiger partial charge in [-0.15, -0.1) is 0 Å². The molecule has 0 unspecified atom stereocenters. The molecule has 53 heteroatoms. The molecule has 0 radical (unpaired) electrons. The summed E-state index contributed by atoms with van der Waals surface area (Å²) in [5.74, 6) is -16.2. The number of hydrogen-bond donors (Lipinski definition) is 36. The van der Waals surface area contributed by atoms with Crippen LogP contribution in [0.1, 0.15) is 145 Å². The molecule has 1 saturated heterocycles. The summed E-state index contributed by atoms with van der Waals surface area (Å²) in [4.78, 5) is 229. The van der Waals surface area contributed by atoms with Crippen molar-refractivity contribution in [3.63, 3.8) is 0 Å². The number of aliphatic carboxylic acids is 1. The van der Waals surface area contributed by atoms with E-state index >= 15 is 28.8 Å². The third-order valence-electron chi connectivity index (χ3n) is 22.9. The normalized spacial score (nSPS) is 14.8. The van der Waals surface area contributed by atoms with Crippen molar-refractivity contribution in [2.75, 3.05) is 70.4 Å². The predicted molar refractivity (Wildman–Crippen MR) is 539 cm³/mol. The maximum atomic E-state index is 15.4. The van der Waals surface area contributed by atoms with Gasteiger partial charge < -0.3 is 168 Å². The Morgan fingerprint density at radius 1 is 0.343 bits per heavy atom. The van der Waals surface area contributed by atoms with Crippen molar-refractivity contribution < 1.29 is 92.0 Å². The number of nitrogens with zero attached hydrogens (tertiary/aromatic N) is 1. The van der Waals surface area contributed by atoms with Gasteiger partial charge in [0, 0.05) is 76.6 Å². The molecule has 1 aliphatic heterocycles. The van der Waals surface area contributed by atoms with Gasteiger partial charge in [-0.2, -0.15) is 25.3 Å². The number of nitrogens with two attached hydrogens (primary N) is 9. The third-order valence-corrected chi connectivity index (χ3v) is 23.6. The Kier molecular flexibility index (Phi) is 53.3. The number of guanidine groups is 4. The number of urea groups is 2. The molecule has 4 aromatic rings. The molecule has 17 amide bonds. The van der Waals surface area contributed by atoms with Crippen molar-refractivity contribution in [2.24, 2.45) is 51.6 Å². The van der Waals surface area contributed by atoms with E-state index in [2.05, 4.69) is 121 Å². The number of likely N-dealkylation sites (tertiary alicyclic amines) is 1. The zero-order valence-electron chi connectivity index (χ0n) is 79.7. The molecule has 1 aliphatic rings. The van der Waals surface area contributed by atoms with E-state index in [0.29, 0.717) is 36.0 Å². The van der Waals surface area contributed by atoms with Crippen molar-refractivity contribution >= 4 is 155 Å². The summed E-state index contributed by atoms with van der Waals surface area (Å²) in [5.41, 5.74) is 52.0. The summed E-state index contributed by atoms with van der Waals surface area (Å²) in [6.07, 6.45) is -0.238. The highest BCUT2D eigenvalue weighted by atomic mass is 32.1. The second-order valence-corrected chi connectivity index (χ2v) is 35.0. The maximum Gasteiger partial charge on any atom is 0.326 e. The van der Waals surface area contributed by atoms with E-state index in [1.54, 1.807) is 24.3 Å². The molecule has 0 bridgehead atoms. The monoisotopic (exact) mass is 2040 g/mol. The SMILES string of the molecule is N=C(N)NCCC[C@H](NC(=O)[C@H](CS)NC(=O)[C@H](CCCNC(N)=O)NC(=O)[C@H](CCCNC(=N)N)NC(=O)[C@H](Cc1ccc(O)cc1)NC(=O)[C@@H]1CCCN1C(=O)[C@H](CCCCN)NC(=O)[C@H](CCCCN)NC(=O)[C@H](CCCNC(N)=O)NC(=O)[C@H](Cc1ccc(O)cc1)NC(=O)[C@H](CS)NC(=O)[C@H](Cc1ccc2ccccc2c1)NC(=O)[C@H](CCCNC(=N)N)NC(=O)[C@@H](N)CCCNC(=N)N)C(=O)O. The minimum atomic E-state index is -1.65. The Morgan fingerprint density at radius 3 is 1.01 bits per heavy atom. The second kappa shape index (κ2) is 64.1. The highest BCUT2D eigenvalue weighted by Crippen LogP contribution is 2.24. The number of unbranched alkanes of at least 4 members (excludes halogenated alkanes) is 2. The Bertz CT molecular complexity index is 4940. The lowest BCUT2D eigenvalue weighted by molar-refractivity contribution is -0.142. The molecule has 788 valence electrons. The van der Waals surface area contributed by atoms with Crippen LogP contribution in [0.4, 0.5) is 9.59 Å². The molecule has 4 aromatic carbocycles. The molecule has 1 heterocycles. The Hall–Kier alpha value is -14.5. The van der Waals surface area contributed by atoms with Crippen molar-refractivity contribution in [3.05, 3.63) is 108 Å². The molecule has 43 N–H and O–H groups in total. The lowest BCUT2D eigenvalue weighted by Crippen LogP contribution is -2.61. The van der Waals surface area contributed by atoms with E-state index < -0.39 is 197 Å². The molecule has 0 aliphatic carbocycles. The Morgan fingerprint density at radius 2 is 0.636 bits per heavy atom. The number of fused-ring (bicyclic) bond motifs is 1. The summed E-state index contributed by atoms with van der Waals surface area (Å²) >= 11 is 8.68. The first kappa shape index (κ1) is 119. The molecule has 0 aromatic heterocycles. The fourth-order valence-electron chi connectivity index (χ4n) is 15.3. The number of carboxylic acid groups (broad SMARTS) is 1. The van der Waals surface area contributed by atoms with Gasteiger partial charge in [-0.1, -0.05) is 66.7 Å². The highest BCUT2D eigenvalue weighted by Gasteiger charge is 2.42. The van der Waals surface area contributed by atoms with Gasteiger partial charge in [-0.25, -0.2) is 14.4 Å². The van der Waals surface area contributed by atoms with Gasteiger partial charge in [0.05, 0.1) is 6.04 Å². The first-order valence-electron chi connectivity index (χ1n) is 47.1. The molecule has 0 spiro atoms. The van der Waals surface area contributed by atoms with Crippen LogP contribution in [-0.2, 0) is 86.4 Å². The molecular formula is C90H142N32O19S2. The van der Waals surface area contributed by atoms with E-state index in [1.165, 1.54) is 53.4 Å². The van der Waals surface area contributed by atoms with Crippen LogP contribution < -0.4 is 147 Å². The number of hydrogen-bond acceptors (Lipinski definition) is 27. The van der Waals surface area contributed by atoms with E-state index in [4.69, 9.17) is 73.2 Å². The molecule has 5 rings (SSSR count). The van der Waals surface area contributed by atoms with Gasteiger partial charge in [0.2, 0.25) is 76.8 Å². The van der Waals surface area contributed by atoms with Crippen LogP contribution in [0.3, 0.4) is 0 Å². The number of aromatic hydroxyl groups is 2. The number of carbonyl (C=O) groups is 16. The van der Waals surface area contributed by atoms with Crippen LogP contribution in [0.15, 0.2) is 91.0 Å². The summed E-state index contributed by atoms with van der Waals surface area (Å²) in [5, 5.41) is 109. The molecule has 1 fully saturated rings. The number of carbonyl (C=O) groups excluding carboxylic acids is 15. The van der Waals surface area contributed by atoms with E-state index in [-0.39, 0.29) is 217 Å². The zero-order chi connectivity index (χ0) is 106. The molecule has 0 saturated carbocycles. The van der Waals surface area contributed by atoms with Gasteiger partial charge in [-0.3, -0.25) is 84.0 Å². The quantitative estimate of drug-likeness (QED) is 0.00846. The topological polar surface area (TPSA) is 883 Å². The number of thiol groups is 2. The average Bonchev–Trinajstić information content (AvgIpc) is 1.45. The van der Waals surface area contributed by atoms with Crippen LogP contribution >= 0.6 is 25.3 Å². The van der Waals surface area contributed by atoms with E-state index in [9.17, 15) is 63.3 Å². The highest BCUT2D eigenvalue weighted by molar-refractivity contribution is 7.80. The van der Waals surface area contributed by atoms with Gasteiger partial charge in [0.15, 0.2) is 23.8 Å². The summed E-state index contributed by atoms with van der Waals surface area (Å²) in [6, 6.07) is 0.843. The van der Waals surface area contributed by atoms with E-state index in [0.717, 1.165) is 10.8 Å². The minimum absolute atomic E-state index is 0.00380. The smallest absolute Gasteiger partial charge is 0.326 e. The number of carboxylic acids is 1. The van der Waals surface area contributed by atoms with Crippen LogP contribution in [0.25, 0.3) is 10.8 Å². The number of phenols is 2. The van der Waals surface area contributed by atoms with Gasteiger partial charge in [0.1, 0.15) is 90.0 Å². The average molecular weight is 2040 g/mol. The number of rotatable bonds is 66. The third kappa shape index (κ3) is 44.9. The lowest BCUT2D eigenvalue weighted by atomic mass is 10.00. The van der Waals surface area contributed by atoms with Gasteiger partial charge in [0.25, 0.3) is 0 Å². The van der Waals surface area contributed by atoms with E-state index in [1.807, 2.05) is 18.2 Å². The summed E-state index contributed by atoms with van der Waals surface area (Å²) < 4.78 is 0. The van der Waals surface area contributed by atoms with Crippen molar-refractivity contribution in [3.8, 4) is 11.5 Å². The second-order valence-electron chi connectivity index (χ2n) is 34.2. The van der Waals surface area contributed by atoms with Gasteiger partial charge >= 0.3 is 18.0 Å². The molecule has 51 nitrogen and oxygen atoms in total. The number of phenolic OH excluding ortho intramolecular Hbond substituents is 2. The van der Waals surface area contributed by atoms with Crippen LogP contribution in [-0.4, -0.2) is 294 Å². The number of benzene rings is 4. The van der Waals surface area contributed by atoms with Crippen molar-refractivity contribution in [2.45, 2.75) is 232 Å². The first-order chi connectivity index (χ1) is 68.1. The Balaban J connectivity index is 1.47. The minimum Gasteiger partial charge on any atom is -0.508 e. The number of amides is 17. The maximum absolute atomic E-state index is 15.4. The summed E-state index contributed by atoms with van der Waals surface area (Å²) in [6.45, 7) is 0.264. The fraction of sp³-hybridized carbons (Fsp3) is 0.533. The van der Waals surface area contributed by atoms with Crippen molar-refractivity contribution in [1.29, 1.82) is 21.6 Å². The number of primary amides is 2. The Labute approximate surface area is 838 Å². The summed E-state index contributed by atoms with van der Waals surface area (Å²) in [7, 11) is 0. The van der Waals surface area contributed by atoms with Gasteiger partial charge in [-0.05, 0) is 193 Å². The lowest BCUT2D eigenvalue weighted by Gasteiger charge is -2.31. The number of nitrogens with one attached hydrogen (secondary N) is 22. The standard InChI is InChI=1S/C90H142N32O19S2/c91-35-5-3-17-58(111-72(126)61(21-10-41-108-89(102)140)113-77(131)65(45-50-26-31-55(123)32-27-50)118-81(135)69(49-143)121-79(133)67(47-52-25-30-53-14-1-2-15-54(53)44-52)117-75(129)59(19-8-38-105-86(96)97)110-71(125)57(93)16-7-37-104-85(94)95)74(128)115-63(18-4-6-36-92)83(137)122-43-13-24-70(122)82(136)119-66(46-51-28-33-56(124)34-29-51)78(132)114-60(20-9-39-106-87(98)99)73(127)112-62(22-11-42-109-90(103)141)76(130)120-68(48-142)80(134)116-64(84(138)139)23-12-40-107-88(100)101/h1-2,14-15,25-34,44,57-70,123-124,142-143H,3-13,16-24,35-43,45-49,91-93H2,(H,110,125)(H,111,126)(H,112,127)(H,113,131)(H,114,132)(H,115,128)(H,116,134)(H,117,129)(H,118,135)(H,119,136)(H,120,130)(H,121,133)(H,138,139)(H4,94,95,104)(H4,96,97,105)(H4,98,99,106)(H4,100,101,107)(H3,102,108,140)(H3,103,109,141)/t57-,58-,59-,60-,61-,62-,63-,64-,65-,66-,67-,68-,69-,70-/m0/s1. The van der Waals surface area contributed by atoms with Crippen LogP contribution in [0.2, 0.25) is 0 Å². The zero-order valence-corrected chi connectivity index (χ0v) is 81.5. The molecule has 14 atom stereocenters. The first-order valence-corrected chi connectivity index (χ1v) is 48.4. The van der Waals surface area contributed by atoms with Crippen LogP contribution in [0, 0.1) is 21.6 Å². The fourth-order valence-corrected chi connectivity index (χ4v) is 15.8. The van der Waals surface area contributed by atoms with Crippen molar-refractivity contribution in [1.82, 2.24) is 101 Å². The molecule has 143 heavy (non-hydrogen) atoms. The predicted octanol–water partition coefficient (Wildman–Crippen LogP) is -6.43. The van der Waals surface area contributed by atoms with Crippen LogP contribution in [0.5, 0.6) is 11.5 Å².